The number of benzene rings is 1. The smallest absolute Gasteiger partial charge is 0.324 e. The zero-order chi connectivity index (χ0) is 17.0. The lowest BCUT2D eigenvalue weighted by Crippen LogP contribution is -2.25. The monoisotopic (exact) mass is 310 g/mol. The summed E-state index contributed by atoms with van der Waals surface area (Å²) >= 11 is 0. The number of hydrogen-bond donors (Lipinski definition) is 1. The van der Waals surface area contributed by atoms with Crippen LogP contribution in [0.25, 0.3) is 0 Å². The van der Waals surface area contributed by atoms with Crippen molar-refractivity contribution in [3.05, 3.63) is 39.4 Å². The maximum atomic E-state index is 12.0. The third-order valence-electron chi connectivity index (χ3n) is 2.87. The summed E-state index contributed by atoms with van der Waals surface area (Å²) in [4.78, 5) is 46.1. The molecule has 0 aliphatic heterocycles. The van der Waals surface area contributed by atoms with Gasteiger partial charge in [0.25, 0.3) is 11.6 Å². The van der Waals surface area contributed by atoms with E-state index in [9.17, 15) is 24.5 Å². The molecule has 0 radical (unpaired) electrons. The van der Waals surface area contributed by atoms with Gasteiger partial charge >= 0.3 is 11.9 Å². The second-order valence-corrected chi connectivity index (χ2v) is 4.53. The van der Waals surface area contributed by atoms with Crippen molar-refractivity contribution in [3.8, 4) is 0 Å². The van der Waals surface area contributed by atoms with Gasteiger partial charge in [-0.3, -0.25) is 24.5 Å². The first kappa shape index (κ1) is 17.1. The van der Waals surface area contributed by atoms with E-state index < -0.39 is 34.4 Å². The van der Waals surface area contributed by atoms with E-state index >= 15 is 0 Å². The van der Waals surface area contributed by atoms with Crippen LogP contribution in [0.3, 0.4) is 0 Å². The van der Waals surface area contributed by atoms with Crippen molar-refractivity contribution in [2.24, 2.45) is 0 Å². The van der Waals surface area contributed by atoms with Crippen molar-refractivity contribution in [3.63, 3.8) is 0 Å². The molecule has 1 aromatic carbocycles. The maximum absolute atomic E-state index is 12.0. The minimum Gasteiger partial charge on any atom is -0.480 e. The van der Waals surface area contributed by atoms with Crippen LogP contribution in [0, 0.1) is 10.1 Å². The van der Waals surface area contributed by atoms with Gasteiger partial charge in [0.15, 0.2) is 5.92 Å². The van der Waals surface area contributed by atoms with Crippen molar-refractivity contribution < 1.29 is 29.2 Å². The molecule has 0 spiro atoms. The van der Waals surface area contributed by atoms with Gasteiger partial charge in [0.1, 0.15) is 5.56 Å². The normalized spacial score (nSPS) is 11.4. The molecule has 0 aliphatic rings. The molecule has 0 aromatic heterocycles. The molecule has 1 N–H and O–H groups in total. The first-order valence-electron chi connectivity index (χ1n) is 6.01. The molecule has 1 rings (SSSR count). The maximum Gasteiger partial charge on any atom is 0.324 e. The van der Waals surface area contributed by atoms with E-state index in [1.54, 1.807) is 0 Å². The van der Waals surface area contributed by atoms with Crippen LogP contribution < -0.4 is 0 Å². The molecule has 1 atom stereocenters. The van der Waals surface area contributed by atoms with Gasteiger partial charge in [-0.1, -0.05) is 6.07 Å². The summed E-state index contributed by atoms with van der Waals surface area (Å²) in [6.07, 6.45) is 0. The van der Waals surface area contributed by atoms with Gasteiger partial charge in [0.2, 0.25) is 0 Å². The van der Waals surface area contributed by atoms with E-state index in [1.165, 1.54) is 14.1 Å². The minimum atomic E-state index is -1.67. The van der Waals surface area contributed by atoms with Crippen molar-refractivity contribution in [1.82, 2.24) is 4.90 Å². The number of ether oxygens (including phenoxy) is 1. The van der Waals surface area contributed by atoms with E-state index in [0.29, 0.717) is 0 Å². The van der Waals surface area contributed by atoms with E-state index in [2.05, 4.69) is 4.74 Å². The van der Waals surface area contributed by atoms with E-state index in [4.69, 9.17) is 5.11 Å². The Morgan fingerprint density at radius 2 is 1.91 bits per heavy atom. The lowest BCUT2D eigenvalue weighted by molar-refractivity contribution is -0.385. The summed E-state index contributed by atoms with van der Waals surface area (Å²) < 4.78 is 4.40. The van der Waals surface area contributed by atoms with Gasteiger partial charge in [-0.25, -0.2) is 0 Å². The van der Waals surface area contributed by atoms with E-state index in [1.807, 2.05) is 0 Å². The molecule has 0 bridgehead atoms. The Labute approximate surface area is 125 Å². The SMILES string of the molecule is COC(=O)C(C(=O)O)c1ccc([N+](=O)[O-])c(C(=O)N(C)C)c1. The third-order valence-corrected chi connectivity index (χ3v) is 2.87. The first-order valence-corrected chi connectivity index (χ1v) is 6.01. The predicted molar refractivity (Wildman–Crippen MR) is 73.5 cm³/mol. The molecule has 1 unspecified atom stereocenters. The van der Waals surface area contributed by atoms with Gasteiger partial charge in [-0.15, -0.1) is 0 Å². The summed E-state index contributed by atoms with van der Waals surface area (Å²) in [6, 6.07) is 3.13. The molecule has 0 aliphatic carbocycles. The lowest BCUT2D eigenvalue weighted by atomic mass is 9.96. The number of amides is 1. The number of nitrogens with zero attached hydrogens (tertiary/aromatic N) is 2. The summed E-state index contributed by atoms with van der Waals surface area (Å²) in [6.45, 7) is 0. The zero-order valence-corrected chi connectivity index (χ0v) is 12.1. The number of carboxylic acids is 1. The fourth-order valence-corrected chi connectivity index (χ4v) is 1.80. The first-order chi connectivity index (χ1) is 10.2. The highest BCUT2D eigenvalue weighted by atomic mass is 16.6. The molecule has 0 fully saturated rings. The van der Waals surface area contributed by atoms with Gasteiger partial charge in [-0.05, 0) is 11.6 Å². The molecule has 0 saturated carbocycles. The van der Waals surface area contributed by atoms with E-state index in [-0.39, 0.29) is 11.1 Å². The molecule has 9 heteroatoms. The topological polar surface area (TPSA) is 127 Å². The number of methoxy groups -OCH3 is 1. The Kier molecular flexibility index (Phi) is 5.17. The zero-order valence-electron chi connectivity index (χ0n) is 12.1. The summed E-state index contributed by atoms with van der Waals surface area (Å²) in [5.74, 6) is -4.87. The molecular formula is C13H14N2O7. The number of aliphatic carboxylic acids is 1. The second kappa shape index (κ2) is 6.66. The standard InChI is InChI=1S/C13H14N2O7/c1-14(2)11(16)8-6-7(4-5-9(8)15(20)21)10(12(17)18)13(19)22-3/h4-6,10H,1-3H3,(H,17,18). The number of rotatable bonds is 5. The van der Waals surface area contributed by atoms with Crippen molar-refractivity contribution in [2.45, 2.75) is 5.92 Å². The van der Waals surface area contributed by atoms with Crippen LogP contribution >= 0.6 is 0 Å². The Balaban J connectivity index is 3.49. The van der Waals surface area contributed by atoms with Crippen LogP contribution in [-0.4, -0.2) is 54.0 Å². The van der Waals surface area contributed by atoms with Crippen LogP contribution in [0.4, 0.5) is 5.69 Å². The number of carbonyl (C=O) groups is 3. The summed E-state index contributed by atoms with van der Waals surface area (Å²) in [7, 11) is 3.82. The fourth-order valence-electron chi connectivity index (χ4n) is 1.80. The Morgan fingerprint density at radius 3 is 2.32 bits per heavy atom. The van der Waals surface area contributed by atoms with Crippen LogP contribution in [0.5, 0.6) is 0 Å². The quantitative estimate of drug-likeness (QED) is 0.366. The third kappa shape index (κ3) is 3.37. The molecule has 1 amide bonds. The van der Waals surface area contributed by atoms with Crippen molar-refractivity contribution in [1.29, 1.82) is 0 Å². The molecule has 118 valence electrons. The number of esters is 1. The Bertz CT molecular complexity index is 639. The van der Waals surface area contributed by atoms with Crippen LogP contribution in [0.2, 0.25) is 0 Å². The van der Waals surface area contributed by atoms with E-state index in [0.717, 1.165) is 30.2 Å². The molecule has 22 heavy (non-hydrogen) atoms. The minimum absolute atomic E-state index is 0.0739. The average Bonchev–Trinajstić information content (AvgIpc) is 2.45. The largest absolute Gasteiger partial charge is 0.480 e. The number of nitro groups is 1. The van der Waals surface area contributed by atoms with Gasteiger partial charge in [-0.2, -0.15) is 0 Å². The lowest BCUT2D eigenvalue weighted by Gasteiger charge is -2.14. The molecule has 9 nitrogen and oxygen atoms in total. The van der Waals surface area contributed by atoms with Crippen molar-refractivity contribution >= 4 is 23.5 Å². The molecule has 0 saturated heterocycles. The average molecular weight is 310 g/mol. The number of nitro benzene ring substituents is 1. The highest BCUT2D eigenvalue weighted by Gasteiger charge is 2.32. The summed E-state index contributed by atoms with van der Waals surface area (Å²) in [5.41, 5.74) is -0.853. The fraction of sp³-hybridized carbons (Fsp3) is 0.308. The van der Waals surface area contributed by atoms with Gasteiger partial charge in [0, 0.05) is 20.2 Å². The molecule has 0 heterocycles. The Morgan fingerprint density at radius 1 is 1.32 bits per heavy atom. The summed E-state index contributed by atoms with van der Waals surface area (Å²) in [5, 5.41) is 20.1. The highest BCUT2D eigenvalue weighted by molar-refractivity contribution is 6.02. The molecule has 1 aromatic rings. The second-order valence-electron chi connectivity index (χ2n) is 4.53. The van der Waals surface area contributed by atoms with Crippen LogP contribution in [-0.2, 0) is 14.3 Å². The molecular weight excluding hydrogens is 296 g/mol. The number of carboxylic acid groups (broad SMARTS) is 1. The Hall–Kier alpha value is -2.97. The van der Waals surface area contributed by atoms with Crippen molar-refractivity contribution in [2.75, 3.05) is 21.2 Å². The number of carbonyl (C=O) groups excluding carboxylic acids is 2. The number of hydrogen-bond acceptors (Lipinski definition) is 6. The van der Waals surface area contributed by atoms with Crippen LogP contribution in [0.15, 0.2) is 18.2 Å². The highest BCUT2D eigenvalue weighted by Crippen LogP contribution is 2.26. The van der Waals surface area contributed by atoms with Crippen LogP contribution in [0.1, 0.15) is 21.8 Å². The van der Waals surface area contributed by atoms with Gasteiger partial charge in [0.05, 0.1) is 12.0 Å². The van der Waals surface area contributed by atoms with Gasteiger partial charge < -0.3 is 14.7 Å². The predicted octanol–water partition coefficient (Wildman–Crippen LogP) is 0.638.